The fraction of sp³-hybridized carbons (Fsp3) is 0.786. The number of rotatable bonds is 3. The van der Waals surface area contributed by atoms with Crippen LogP contribution in [0, 0.1) is 18.3 Å². The maximum Gasteiger partial charge on any atom is 0.221 e. The average molecular weight is 221 g/mol. The summed E-state index contributed by atoms with van der Waals surface area (Å²) in [7, 11) is 0. The normalized spacial score (nSPS) is 18.6. The number of carbonyl (C=O) groups excluding carboxylic acids is 1. The van der Waals surface area contributed by atoms with Crippen LogP contribution in [0.2, 0.25) is 0 Å². The van der Waals surface area contributed by atoms with Gasteiger partial charge in [-0.15, -0.1) is 6.42 Å². The standard InChI is InChI=1S/C14H23NO/c1-4-14(2,3)15-13(16)11-12-9-7-5-6-8-10-12/h1,12H,5-11H2,2-3H3,(H,15,16). The average Bonchev–Trinajstić information content (AvgIpc) is 2.45. The van der Waals surface area contributed by atoms with Crippen LogP contribution in [-0.4, -0.2) is 11.4 Å². The van der Waals surface area contributed by atoms with Gasteiger partial charge in [-0.05, 0) is 32.6 Å². The van der Waals surface area contributed by atoms with Crippen molar-refractivity contribution in [1.82, 2.24) is 5.32 Å². The Morgan fingerprint density at radius 3 is 2.38 bits per heavy atom. The molecule has 2 nitrogen and oxygen atoms in total. The van der Waals surface area contributed by atoms with Crippen molar-refractivity contribution in [2.45, 2.75) is 64.3 Å². The van der Waals surface area contributed by atoms with Gasteiger partial charge in [0.2, 0.25) is 5.91 Å². The molecule has 0 saturated heterocycles. The van der Waals surface area contributed by atoms with Crippen molar-refractivity contribution in [1.29, 1.82) is 0 Å². The highest BCUT2D eigenvalue weighted by Gasteiger charge is 2.20. The molecule has 0 aromatic rings. The van der Waals surface area contributed by atoms with Gasteiger partial charge in [0.05, 0.1) is 5.54 Å². The second-order valence-corrected chi connectivity index (χ2v) is 5.38. The first kappa shape index (κ1) is 13.1. The van der Waals surface area contributed by atoms with Crippen molar-refractivity contribution in [2.75, 3.05) is 0 Å². The van der Waals surface area contributed by atoms with E-state index in [-0.39, 0.29) is 5.91 Å². The van der Waals surface area contributed by atoms with Gasteiger partial charge < -0.3 is 5.32 Å². The van der Waals surface area contributed by atoms with Crippen molar-refractivity contribution in [3.8, 4) is 12.3 Å². The van der Waals surface area contributed by atoms with Crippen LogP contribution in [-0.2, 0) is 4.79 Å². The van der Waals surface area contributed by atoms with E-state index in [0.29, 0.717) is 12.3 Å². The van der Waals surface area contributed by atoms with Crippen LogP contribution in [0.5, 0.6) is 0 Å². The molecule has 0 bridgehead atoms. The van der Waals surface area contributed by atoms with E-state index in [1.807, 2.05) is 13.8 Å². The fourth-order valence-corrected chi connectivity index (χ4v) is 2.27. The van der Waals surface area contributed by atoms with Crippen molar-refractivity contribution >= 4 is 5.91 Å². The molecule has 0 radical (unpaired) electrons. The summed E-state index contributed by atoms with van der Waals surface area (Å²) in [4.78, 5) is 11.8. The van der Waals surface area contributed by atoms with Crippen molar-refractivity contribution < 1.29 is 4.79 Å². The molecule has 0 aromatic carbocycles. The molecule has 0 heterocycles. The van der Waals surface area contributed by atoms with E-state index in [2.05, 4.69) is 11.2 Å². The molecular weight excluding hydrogens is 198 g/mol. The van der Waals surface area contributed by atoms with Gasteiger partial charge in [-0.2, -0.15) is 0 Å². The zero-order valence-corrected chi connectivity index (χ0v) is 10.5. The van der Waals surface area contributed by atoms with E-state index in [4.69, 9.17) is 6.42 Å². The summed E-state index contributed by atoms with van der Waals surface area (Å²) in [5, 5.41) is 2.90. The molecule has 1 aliphatic rings. The van der Waals surface area contributed by atoms with E-state index in [1.165, 1.54) is 38.5 Å². The molecule has 1 rings (SSSR count). The zero-order chi connectivity index (χ0) is 12.0. The maximum atomic E-state index is 11.8. The molecule has 16 heavy (non-hydrogen) atoms. The Morgan fingerprint density at radius 2 is 1.88 bits per heavy atom. The minimum atomic E-state index is -0.512. The molecule has 0 atom stereocenters. The van der Waals surface area contributed by atoms with Gasteiger partial charge in [0.15, 0.2) is 0 Å². The second-order valence-electron chi connectivity index (χ2n) is 5.38. The summed E-state index contributed by atoms with van der Waals surface area (Å²) in [6, 6.07) is 0. The molecule has 0 aliphatic heterocycles. The zero-order valence-electron chi connectivity index (χ0n) is 10.5. The molecule has 2 heteroatoms. The lowest BCUT2D eigenvalue weighted by atomic mass is 9.95. The summed E-state index contributed by atoms with van der Waals surface area (Å²) < 4.78 is 0. The number of hydrogen-bond donors (Lipinski definition) is 1. The Kier molecular flexibility index (Phi) is 4.86. The highest BCUT2D eigenvalue weighted by molar-refractivity contribution is 5.77. The Bertz CT molecular complexity index is 267. The summed E-state index contributed by atoms with van der Waals surface area (Å²) in [6.07, 6.45) is 13.6. The summed E-state index contributed by atoms with van der Waals surface area (Å²) in [5.41, 5.74) is -0.512. The lowest BCUT2D eigenvalue weighted by Crippen LogP contribution is -2.42. The predicted molar refractivity (Wildman–Crippen MR) is 66.9 cm³/mol. The first-order chi connectivity index (χ1) is 7.53. The molecule has 1 saturated carbocycles. The van der Waals surface area contributed by atoms with Gasteiger partial charge in [-0.25, -0.2) is 0 Å². The molecule has 0 unspecified atom stereocenters. The van der Waals surface area contributed by atoms with E-state index < -0.39 is 5.54 Å². The summed E-state index contributed by atoms with van der Waals surface area (Å²) in [6.45, 7) is 3.72. The van der Waals surface area contributed by atoms with Crippen molar-refractivity contribution in [3.63, 3.8) is 0 Å². The van der Waals surface area contributed by atoms with Crippen LogP contribution in [0.25, 0.3) is 0 Å². The van der Waals surface area contributed by atoms with Crippen LogP contribution >= 0.6 is 0 Å². The van der Waals surface area contributed by atoms with Crippen LogP contribution in [0.1, 0.15) is 58.8 Å². The minimum absolute atomic E-state index is 0.106. The molecule has 1 aliphatic carbocycles. The van der Waals surface area contributed by atoms with E-state index >= 15 is 0 Å². The van der Waals surface area contributed by atoms with Crippen LogP contribution in [0.15, 0.2) is 0 Å². The van der Waals surface area contributed by atoms with Crippen molar-refractivity contribution in [2.24, 2.45) is 5.92 Å². The molecular formula is C14H23NO. The maximum absolute atomic E-state index is 11.8. The lowest BCUT2D eigenvalue weighted by Gasteiger charge is -2.21. The molecule has 1 amide bonds. The fourth-order valence-electron chi connectivity index (χ4n) is 2.27. The largest absolute Gasteiger partial charge is 0.340 e. The van der Waals surface area contributed by atoms with Gasteiger partial charge in [-0.1, -0.05) is 31.6 Å². The smallest absolute Gasteiger partial charge is 0.221 e. The Hall–Kier alpha value is -0.970. The highest BCUT2D eigenvalue weighted by Crippen LogP contribution is 2.25. The molecule has 1 N–H and O–H groups in total. The molecule has 0 aromatic heterocycles. The van der Waals surface area contributed by atoms with E-state index in [1.54, 1.807) is 0 Å². The number of hydrogen-bond acceptors (Lipinski definition) is 1. The van der Waals surface area contributed by atoms with Gasteiger partial charge in [0, 0.05) is 6.42 Å². The topological polar surface area (TPSA) is 29.1 Å². The molecule has 1 fully saturated rings. The van der Waals surface area contributed by atoms with Crippen molar-refractivity contribution in [3.05, 3.63) is 0 Å². The quantitative estimate of drug-likeness (QED) is 0.576. The first-order valence-corrected chi connectivity index (χ1v) is 6.32. The van der Waals surface area contributed by atoms with Gasteiger partial charge in [0.25, 0.3) is 0 Å². The number of amides is 1. The third kappa shape index (κ3) is 4.70. The first-order valence-electron chi connectivity index (χ1n) is 6.32. The number of nitrogens with one attached hydrogen (secondary N) is 1. The van der Waals surface area contributed by atoms with E-state index in [9.17, 15) is 4.79 Å². The molecule has 0 spiro atoms. The monoisotopic (exact) mass is 221 g/mol. The minimum Gasteiger partial charge on any atom is -0.340 e. The predicted octanol–water partition coefficient (Wildman–Crippen LogP) is 2.87. The molecule has 90 valence electrons. The van der Waals surface area contributed by atoms with E-state index in [0.717, 1.165) is 0 Å². The number of carbonyl (C=O) groups is 1. The highest BCUT2D eigenvalue weighted by atomic mass is 16.1. The summed E-state index contributed by atoms with van der Waals surface area (Å²) in [5.74, 6) is 3.26. The van der Waals surface area contributed by atoms with Gasteiger partial charge >= 0.3 is 0 Å². The second kappa shape index (κ2) is 5.94. The Morgan fingerprint density at radius 1 is 1.31 bits per heavy atom. The summed E-state index contributed by atoms with van der Waals surface area (Å²) >= 11 is 0. The third-order valence-electron chi connectivity index (χ3n) is 3.26. The van der Waals surface area contributed by atoms with Crippen LogP contribution < -0.4 is 5.32 Å². The van der Waals surface area contributed by atoms with Crippen LogP contribution in [0.3, 0.4) is 0 Å². The Labute approximate surface area is 99.2 Å². The van der Waals surface area contributed by atoms with Gasteiger partial charge in [-0.3, -0.25) is 4.79 Å². The van der Waals surface area contributed by atoms with Crippen LogP contribution in [0.4, 0.5) is 0 Å². The lowest BCUT2D eigenvalue weighted by molar-refractivity contribution is -0.123. The third-order valence-corrected chi connectivity index (χ3v) is 3.26. The Balaban J connectivity index is 2.36. The van der Waals surface area contributed by atoms with Gasteiger partial charge in [0.1, 0.15) is 0 Å². The number of terminal acetylenes is 1. The SMILES string of the molecule is C#CC(C)(C)NC(=O)CC1CCCCCC1.